The van der Waals surface area contributed by atoms with Gasteiger partial charge in [-0.05, 0) is 43.2 Å². The summed E-state index contributed by atoms with van der Waals surface area (Å²) < 4.78 is 5.39. The van der Waals surface area contributed by atoms with Crippen LogP contribution in [0.2, 0.25) is 0 Å². The minimum atomic E-state index is -0.783. The van der Waals surface area contributed by atoms with Gasteiger partial charge in [0.2, 0.25) is 0 Å². The second-order valence-corrected chi connectivity index (χ2v) is 6.03. The quantitative estimate of drug-likeness (QED) is 0.926. The van der Waals surface area contributed by atoms with Crippen molar-refractivity contribution in [3.05, 3.63) is 48.2 Å². The van der Waals surface area contributed by atoms with Crippen molar-refractivity contribution in [2.75, 3.05) is 20.2 Å². The predicted molar refractivity (Wildman–Crippen MR) is 92.5 cm³/mol. The second-order valence-electron chi connectivity index (χ2n) is 6.03. The first-order valence-electron chi connectivity index (χ1n) is 8.21. The van der Waals surface area contributed by atoms with E-state index in [0.717, 1.165) is 11.3 Å². The molecule has 0 aliphatic carbocycles. The molecule has 0 spiro atoms. The predicted octanol–water partition coefficient (Wildman–Crippen LogP) is 2.69. The lowest BCUT2D eigenvalue weighted by Gasteiger charge is -2.30. The maximum atomic E-state index is 12.8. The van der Waals surface area contributed by atoms with Gasteiger partial charge in [0.1, 0.15) is 5.75 Å². The van der Waals surface area contributed by atoms with E-state index in [0.29, 0.717) is 37.2 Å². The van der Waals surface area contributed by atoms with E-state index in [1.807, 2.05) is 18.2 Å². The molecule has 1 aliphatic rings. The molecule has 1 aromatic heterocycles. The summed E-state index contributed by atoms with van der Waals surface area (Å²) in [7, 11) is 1.58. The molecule has 0 radical (unpaired) electrons. The summed E-state index contributed by atoms with van der Waals surface area (Å²) in [6.07, 6.45) is 2.68. The molecule has 1 saturated heterocycles. The number of aliphatic carboxylic acids is 1. The Labute approximate surface area is 146 Å². The average molecular weight is 340 g/mol. The fraction of sp³-hybridized carbons (Fsp3) is 0.316. The maximum Gasteiger partial charge on any atom is 0.306 e. The van der Waals surface area contributed by atoms with Crippen LogP contribution in [-0.4, -0.2) is 47.1 Å². The lowest BCUT2D eigenvalue weighted by molar-refractivity contribution is -0.143. The van der Waals surface area contributed by atoms with E-state index >= 15 is 0 Å². The number of rotatable bonds is 4. The molecule has 25 heavy (non-hydrogen) atoms. The first-order chi connectivity index (χ1) is 12.1. The fourth-order valence-corrected chi connectivity index (χ4v) is 3.08. The van der Waals surface area contributed by atoms with Gasteiger partial charge in [-0.1, -0.05) is 6.07 Å². The fourth-order valence-electron chi connectivity index (χ4n) is 3.08. The van der Waals surface area contributed by atoms with E-state index in [-0.39, 0.29) is 11.8 Å². The van der Waals surface area contributed by atoms with Gasteiger partial charge in [0.15, 0.2) is 0 Å². The summed E-state index contributed by atoms with van der Waals surface area (Å²) in [5.74, 6) is -0.582. The Morgan fingerprint density at radius 3 is 2.56 bits per heavy atom. The number of hydrogen-bond donors (Lipinski definition) is 1. The number of carbonyl (C=O) groups excluding carboxylic acids is 1. The summed E-state index contributed by atoms with van der Waals surface area (Å²) in [4.78, 5) is 29.9. The average Bonchev–Trinajstić information content (AvgIpc) is 2.67. The highest BCUT2D eigenvalue weighted by Crippen LogP contribution is 2.30. The van der Waals surface area contributed by atoms with Gasteiger partial charge < -0.3 is 14.7 Å². The first-order valence-corrected chi connectivity index (χ1v) is 8.21. The SMILES string of the molecule is COc1ccc(C(=O)N2CCC(C(=O)O)CC2)cc1-c1ccccn1. The Morgan fingerprint density at radius 2 is 1.96 bits per heavy atom. The topological polar surface area (TPSA) is 79.7 Å². The number of ether oxygens (including phenoxy) is 1. The van der Waals surface area contributed by atoms with Gasteiger partial charge in [0, 0.05) is 30.4 Å². The molecule has 0 saturated carbocycles. The number of carbonyl (C=O) groups is 2. The van der Waals surface area contributed by atoms with E-state index < -0.39 is 5.97 Å². The third-order valence-corrected chi connectivity index (χ3v) is 4.52. The number of carboxylic acid groups (broad SMARTS) is 1. The number of methoxy groups -OCH3 is 1. The monoisotopic (exact) mass is 340 g/mol. The molecule has 2 aromatic rings. The van der Waals surface area contributed by atoms with Crippen LogP contribution in [0.4, 0.5) is 0 Å². The van der Waals surface area contributed by atoms with Crippen LogP contribution < -0.4 is 4.74 Å². The molecule has 6 heteroatoms. The van der Waals surface area contributed by atoms with E-state index in [1.165, 1.54) is 0 Å². The van der Waals surface area contributed by atoms with Crippen molar-refractivity contribution < 1.29 is 19.4 Å². The van der Waals surface area contributed by atoms with Crippen LogP contribution in [0.1, 0.15) is 23.2 Å². The van der Waals surface area contributed by atoms with Crippen LogP contribution >= 0.6 is 0 Å². The number of benzene rings is 1. The molecular formula is C19H20N2O4. The Morgan fingerprint density at radius 1 is 1.20 bits per heavy atom. The summed E-state index contributed by atoms with van der Waals surface area (Å²) in [5, 5.41) is 9.08. The van der Waals surface area contributed by atoms with Crippen LogP contribution in [0.15, 0.2) is 42.6 Å². The number of pyridine rings is 1. The standard InChI is InChI=1S/C19H20N2O4/c1-25-17-6-5-14(12-15(17)16-4-2-3-9-20-16)18(22)21-10-7-13(8-11-21)19(23)24/h2-6,9,12-13H,7-8,10-11H2,1H3,(H,23,24). The lowest BCUT2D eigenvalue weighted by Crippen LogP contribution is -2.40. The minimum Gasteiger partial charge on any atom is -0.496 e. The molecule has 2 heterocycles. The van der Waals surface area contributed by atoms with Crippen LogP contribution in [0, 0.1) is 5.92 Å². The van der Waals surface area contributed by atoms with Gasteiger partial charge in [-0.25, -0.2) is 0 Å². The number of nitrogens with zero attached hydrogens (tertiary/aromatic N) is 2. The molecule has 1 fully saturated rings. The van der Waals surface area contributed by atoms with E-state index in [2.05, 4.69) is 4.98 Å². The van der Waals surface area contributed by atoms with Gasteiger partial charge in [-0.2, -0.15) is 0 Å². The van der Waals surface area contributed by atoms with Crippen molar-refractivity contribution in [3.8, 4) is 17.0 Å². The molecule has 0 unspecified atom stereocenters. The van der Waals surface area contributed by atoms with Crippen molar-refractivity contribution >= 4 is 11.9 Å². The van der Waals surface area contributed by atoms with Crippen LogP contribution in [0.25, 0.3) is 11.3 Å². The van der Waals surface area contributed by atoms with Crippen molar-refractivity contribution in [3.63, 3.8) is 0 Å². The minimum absolute atomic E-state index is 0.0938. The van der Waals surface area contributed by atoms with E-state index in [9.17, 15) is 9.59 Å². The molecule has 1 amide bonds. The van der Waals surface area contributed by atoms with Crippen LogP contribution in [-0.2, 0) is 4.79 Å². The largest absolute Gasteiger partial charge is 0.496 e. The normalized spacial score (nSPS) is 15.0. The van der Waals surface area contributed by atoms with Crippen LogP contribution in [0.5, 0.6) is 5.75 Å². The van der Waals surface area contributed by atoms with Gasteiger partial charge in [0.25, 0.3) is 5.91 Å². The zero-order valence-electron chi connectivity index (χ0n) is 14.0. The third kappa shape index (κ3) is 3.63. The van der Waals surface area contributed by atoms with Crippen LogP contribution in [0.3, 0.4) is 0 Å². The molecule has 1 aromatic carbocycles. The maximum absolute atomic E-state index is 12.8. The smallest absolute Gasteiger partial charge is 0.306 e. The number of hydrogen-bond acceptors (Lipinski definition) is 4. The Hall–Kier alpha value is -2.89. The lowest BCUT2D eigenvalue weighted by atomic mass is 9.96. The highest BCUT2D eigenvalue weighted by Gasteiger charge is 2.27. The zero-order chi connectivity index (χ0) is 17.8. The third-order valence-electron chi connectivity index (χ3n) is 4.52. The Bertz CT molecular complexity index is 768. The van der Waals surface area contributed by atoms with E-state index in [1.54, 1.807) is 36.4 Å². The Kier molecular flexibility index (Phi) is 4.97. The van der Waals surface area contributed by atoms with Crippen molar-refractivity contribution in [1.82, 2.24) is 9.88 Å². The molecular weight excluding hydrogens is 320 g/mol. The van der Waals surface area contributed by atoms with Gasteiger partial charge in [0.05, 0.1) is 18.7 Å². The number of carboxylic acids is 1. The highest BCUT2D eigenvalue weighted by molar-refractivity contribution is 5.96. The molecule has 130 valence electrons. The number of piperidine rings is 1. The van der Waals surface area contributed by atoms with Crippen molar-refractivity contribution in [1.29, 1.82) is 0 Å². The summed E-state index contributed by atoms with van der Waals surface area (Å²) in [6, 6.07) is 10.9. The Balaban J connectivity index is 1.83. The van der Waals surface area contributed by atoms with Crippen molar-refractivity contribution in [2.24, 2.45) is 5.92 Å². The van der Waals surface area contributed by atoms with Gasteiger partial charge in [-0.3, -0.25) is 14.6 Å². The number of likely N-dealkylation sites (tertiary alicyclic amines) is 1. The summed E-state index contributed by atoms with van der Waals surface area (Å²) >= 11 is 0. The van der Waals surface area contributed by atoms with Crippen molar-refractivity contribution in [2.45, 2.75) is 12.8 Å². The molecule has 0 atom stereocenters. The highest BCUT2D eigenvalue weighted by atomic mass is 16.5. The number of amides is 1. The zero-order valence-corrected chi connectivity index (χ0v) is 14.0. The molecule has 6 nitrogen and oxygen atoms in total. The molecule has 0 bridgehead atoms. The number of aromatic nitrogens is 1. The molecule has 1 N–H and O–H groups in total. The summed E-state index contributed by atoms with van der Waals surface area (Å²) in [5.41, 5.74) is 2.04. The van der Waals surface area contributed by atoms with Gasteiger partial charge in [-0.15, -0.1) is 0 Å². The van der Waals surface area contributed by atoms with Gasteiger partial charge >= 0.3 is 5.97 Å². The van der Waals surface area contributed by atoms with E-state index in [4.69, 9.17) is 9.84 Å². The molecule has 1 aliphatic heterocycles. The summed E-state index contributed by atoms with van der Waals surface area (Å²) in [6.45, 7) is 0.918. The second kappa shape index (κ2) is 7.34. The molecule has 3 rings (SSSR count). The first kappa shape index (κ1) is 17.0.